The lowest BCUT2D eigenvalue weighted by atomic mass is 9.89. The van der Waals surface area contributed by atoms with E-state index in [9.17, 15) is 0 Å². The van der Waals surface area contributed by atoms with Crippen molar-refractivity contribution in [1.29, 1.82) is 0 Å². The van der Waals surface area contributed by atoms with Crippen molar-refractivity contribution in [1.82, 2.24) is 10.4 Å². The van der Waals surface area contributed by atoms with Crippen LogP contribution in [0.25, 0.3) is 0 Å². The minimum atomic E-state index is -1.04. The van der Waals surface area contributed by atoms with Gasteiger partial charge in [0.05, 0.1) is 12.6 Å². The molecule has 0 saturated carbocycles. The van der Waals surface area contributed by atoms with Gasteiger partial charge in [0.1, 0.15) is 4.87 Å². The van der Waals surface area contributed by atoms with E-state index in [2.05, 4.69) is 52.1 Å². The highest BCUT2D eigenvalue weighted by Crippen LogP contribution is 2.56. The van der Waals surface area contributed by atoms with E-state index in [1.807, 2.05) is 30.2 Å². The Bertz CT molecular complexity index is 582. The van der Waals surface area contributed by atoms with Gasteiger partial charge in [-0.15, -0.1) is 11.6 Å². The third-order valence-corrected chi connectivity index (χ3v) is 4.99. The molecule has 0 aliphatic carbocycles. The number of alkyl halides is 1. The smallest absolute Gasteiger partial charge is 0.267 e. The van der Waals surface area contributed by atoms with Gasteiger partial charge in [-0.1, -0.05) is 30.3 Å². The van der Waals surface area contributed by atoms with E-state index in [4.69, 9.17) is 21.2 Å². The van der Waals surface area contributed by atoms with E-state index in [-0.39, 0.29) is 17.1 Å². The maximum atomic E-state index is 7.11. The Kier molecular flexibility index (Phi) is 3.86. The van der Waals surface area contributed by atoms with Crippen molar-refractivity contribution >= 4 is 11.6 Å². The molecule has 1 aromatic rings. The van der Waals surface area contributed by atoms with Crippen LogP contribution in [0.3, 0.4) is 0 Å². The zero-order valence-electron chi connectivity index (χ0n) is 14.8. The minimum absolute atomic E-state index is 0.133. The first-order valence-corrected chi connectivity index (χ1v) is 8.52. The summed E-state index contributed by atoms with van der Waals surface area (Å²) in [6, 6.07) is 10.1. The van der Waals surface area contributed by atoms with Crippen LogP contribution in [0.15, 0.2) is 30.3 Å². The number of benzene rings is 1. The number of halogens is 1. The fourth-order valence-electron chi connectivity index (χ4n) is 3.40. The monoisotopic (exact) mass is 338 g/mol. The summed E-state index contributed by atoms with van der Waals surface area (Å²) in [7, 11) is 0. The Hall–Kier alpha value is -0.650. The van der Waals surface area contributed by atoms with Crippen LogP contribution in [-0.2, 0) is 9.57 Å². The summed E-state index contributed by atoms with van der Waals surface area (Å²) < 4.78 is 6.10. The normalized spacial score (nSPS) is 37.6. The molecule has 2 saturated heterocycles. The first-order chi connectivity index (χ1) is 10.5. The van der Waals surface area contributed by atoms with Crippen molar-refractivity contribution in [2.24, 2.45) is 0 Å². The molecule has 0 amide bonds. The SMILES string of the molecule is CC1(C)CO[C@]2(N1)ON(C(C)(C)C)C(c1ccccc1)[C@@]2(C)Cl. The van der Waals surface area contributed by atoms with Gasteiger partial charge < -0.3 is 4.74 Å². The predicted molar refractivity (Wildman–Crippen MR) is 92.0 cm³/mol. The van der Waals surface area contributed by atoms with Gasteiger partial charge in [0, 0.05) is 11.1 Å². The van der Waals surface area contributed by atoms with Gasteiger partial charge >= 0.3 is 0 Å². The van der Waals surface area contributed by atoms with E-state index in [0.717, 1.165) is 5.56 Å². The van der Waals surface area contributed by atoms with Gasteiger partial charge in [-0.2, -0.15) is 5.06 Å². The lowest BCUT2D eigenvalue weighted by Gasteiger charge is -2.36. The second kappa shape index (κ2) is 5.17. The van der Waals surface area contributed by atoms with Crippen LogP contribution < -0.4 is 5.32 Å². The first kappa shape index (κ1) is 17.2. The second-order valence-corrected chi connectivity index (χ2v) is 9.18. The molecule has 128 valence electrons. The number of hydrogen-bond donors (Lipinski definition) is 1. The van der Waals surface area contributed by atoms with Gasteiger partial charge in [0.25, 0.3) is 5.91 Å². The molecule has 4 nitrogen and oxygen atoms in total. The lowest BCUT2D eigenvalue weighted by molar-refractivity contribution is -0.325. The van der Waals surface area contributed by atoms with Crippen LogP contribution in [0.5, 0.6) is 0 Å². The number of ether oxygens (including phenoxy) is 1. The van der Waals surface area contributed by atoms with Gasteiger partial charge in [-0.25, -0.2) is 4.84 Å². The van der Waals surface area contributed by atoms with Crippen molar-refractivity contribution in [3.63, 3.8) is 0 Å². The van der Waals surface area contributed by atoms with Gasteiger partial charge in [0.2, 0.25) is 0 Å². The summed E-state index contributed by atoms with van der Waals surface area (Å²) in [4.78, 5) is 5.58. The molecule has 0 aromatic heterocycles. The van der Waals surface area contributed by atoms with Crippen LogP contribution in [-0.4, -0.2) is 33.5 Å². The van der Waals surface area contributed by atoms with E-state index in [1.165, 1.54) is 0 Å². The first-order valence-electron chi connectivity index (χ1n) is 8.14. The summed E-state index contributed by atoms with van der Waals surface area (Å²) in [5.41, 5.74) is 0.704. The Labute approximate surface area is 144 Å². The summed E-state index contributed by atoms with van der Waals surface area (Å²) in [5.74, 6) is -1.04. The fourth-order valence-corrected chi connectivity index (χ4v) is 3.75. The number of nitrogens with one attached hydrogen (secondary N) is 1. The highest BCUT2D eigenvalue weighted by atomic mass is 35.5. The zero-order valence-corrected chi connectivity index (χ0v) is 15.6. The average molecular weight is 339 g/mol. The molecular formula is C18H27ClN2O2. The second-order valence-electron chi connectivity index (χ2n) is 8.39. The third-order valence-electron chi connectivity index (χ3n) is 4.53. The van der Waals surface area contributed by atoms with Gasteiger partial charge in [-0.3, -0.25) is 5.32 Å². The van der Waals surface area contributed by atoms with Crippen LogP contribution in [0.1, 0.15) is 53.1 Å². The maximum Gasteiger partial charge on any atom is 0.267 e. The average Bonchev–Trinajstić information content (AvgIpc) is 2.86. The van der Waals surface area contributed by atoms with Crippen molar-refractivity contribution in [2.75, 3.05) is 6.61 Å². The van der Waals surface area contributed by atoms with Crippen molar-refractivity contribution in [2.45, 2.75) is 69.4 Å². The molecule has 5 heteroatoms. The minimum Gasteiger partial charge on any atom is -0.333 e. The Morgan fingerprint density at radius 1 is 1.17 bits per heavy atom. The lowest BCUT2D eigenvalue weighted by Crippen LogP contribution is -2.59. The molecule has 1 aromatic carbocycles. The topological polar surface area (TPSA) is 33.7 Å². The highest BCUT2D eigenvalue weighted by Gasteiger charge is 2.69. The molecule has 3 rings (SSSR count). The molecule has 1 N–H and O–H groups in total. The van der Waals surface area contributed by atoms with Crippen molar-refractivity contribution in [3.8, 4) is 0 Å². The molecule has 3 atom stereocenters. The maximum absolute atomic E-state index is 7.11. The van der Waals surface area contributed by atoms with Crippen LogP contribution in [0, 0.1) is 0 Å². The molecule has 23 heavy (non-hydrogen) atoms. The number of hydrogen-bond acceptors (Lipinski definition) is 4. The van der Waals surface area contributed by atoms with E-state index < -0.39 is 10.8 Å². The number of rotatable bonds is 1. The Morgan fingerprint density at radius 3 is 2.26 bits per heavy atom. The summed E-state index contributed by atoms with van der Waals surface area (Å²) in [5, 5.41) is 5.46. The Balaban J connectivity index is 2.09. The molecule has 2 fully saturated rings. The molecule has 0 radical (unpaired) electrons. The molecule has 2 aliphatic heterocycles. The highest BCUT2D eigenvalue weighted by molar-refractivity contribution is 6.25. The Morgan fingerprint density at radius 2 is 1.78 bits per heavy atom. The fraction of sp³-hybridized carbons (Fsp3) is 0.667. The zero-order chi connectivity index (χ0) is 17.1. The molecule has 2 aliphatic rings. The van der Waals surface area contributed by atoms with Crippen LogP contribution >= 0.6 is 11.6 Å². The van der Waals surface area contributed by atoms with Gasteiger partial charge in [0.15, 0.2) is 0 Å². The molecular weight excluding hydrogens is 312 g/mol. The number of nitrogens with zero attached hydrogens (tertiary/aromatic N) is 1. The van der Waals surface area contributed by atoms with Crippen LogP contribution in [0.4, 0.5) is 0 Å². The molecule has 2 heterocycles. The summed E-state index contributed by atoms with van der Waals surface area (Å²) >= 11 is 7.11. The molecule has 1 spiro atoms. The van der Waals surface area contributed by atoms with E-state index in [0.29, 0.717) is 6.61 Å². The van der Waals surface area contributed by atoms with Gasteiger partial charge in [-0.05, 0) is 47.1 Å². The van der Waals surface area contributed by atoms with E-state index in [1.54, 1.807) is 0 Å². The summed E-state index contributed by atoms with van der Waals surface area (Å²) in [6.07, 6.45) is 0. The molecule has 0 bridgehead atoms. The quantitative estimate of drug-likeness (QED) is 0.789. The largest absolute Gasteiger partial charge is 0.333 e. The third kappa shape index (κ3) is 2.71. The van der Waals surface area contributed by atoms with Crippen LogP contribution in [0.2, 0.25) is 0 Å². The van der Waals surface area contributed by atoms with Crippen molar-refractivity contribution < 1.29 is 9.57 Å². The predicted octanol–water partition coefficient (Wildman–Crippen LogP) is 3.82. The molecule has 1 unspecified atom stereocenters. The van der Waals surface area contributed by atoms with E-state index >= 15 is 0 Å². The number of hydroxylamine groups is 2. The standard InChI is InChI=1S/C18H27ClN2O2/c1-15(2,3)21-14(13-10-8-7-9-11-13)17(6,19)18(23-21)20-16(4,5)12-22-18/h7-11,14,20H,12H2,1-6H3/t14?,17-,18+/m1/s1. The van der Waals surface area contributed by atoms with Crippen molar-refractivity contribution in [3.05, 3.63) is 35.9 Å². The summed E-state index contributed by atoms with van der Waals surface area (Å²) in [6.45, 7) is 13.1.